The van der Waals surface area contributed by atoms with Crippen molar-refractivity contribution in [3.63, 3.8) is 0 Å². The van der Waals surface area contributed by atoms with Gasteiger partial charge in [-0.25, -0.2) is 4.98 Å². The third-order valence-corrected chi connectivity index (χ3v) is 13.7. The lowest BCUT2D eigenvalue weighted by atomic mass is 9.97. The second kappa shape index (κ2) is 23.1. The Morgan fingerprint density at radius 2 is 1.18 bits per heavy atom. The smallest absolute Gasteiger partial charge is 0.295 e. The number of fused-ring (bicyclic) bond motifs is 6. The highest BCUT2D eigenvalue weighted by molar-refractivity contribution is 7.86. The van der Waals surface area contributed by atoms with Gasteiger partial charge in [-0.2, -0.15) is 16.8 Å². The number of carbonyl (C=O) groups excluding carboxylic acids is 2. The number of aryl methyl sites for hydroxylation is 1. The average molecular weight is 1040 g/mol. The number of rotatable bonds is 9. The number of aromatic nitrogens is 2. The molecule has 0 aromatic heterocycles. The Morgan fingerprint density at radius 3 is 1.72 bits per heavy atom. The molecule has 7 aromatic rings. The van der Waals surface area contributed by atoms with Gasteiger partial charge in [-0.05, 0) is 73.8 Å². The predicted octanol–water partition coefficient (Wildman–Crippen LogP) is 8.10. The third kappa shape index (κ3) is 11.8. The average Bonchev–Trinajstić information content (AvgIpc) is 3.38. The summed E-state index contributed by atoms with van der Waals surface area (Å²) in [7, 11) is 2.13. The van der Waals surface area contributed by atoms with Crippen molar-refractivity contribution in [1.29, 1.82) is 0 Å². The van der Waals surface area contributed by atoms with Crippen LogP contribution in [0.4, 0.5) is 22.7 Å². The summed E-state index contributed by atoms with van der Waals surface area (Å²) in [5.41, 5.74) is 12.9. The molecule has 0 unspecified atom stereocenters. The third-order valence-electron chi connectivity index (χ3n) is 11.8. The topological polar surface area (TPSA) is 267 Å². The van der Waals surface area contributed by atoms with Gasteiger partial charge in [-0.1, -0.05) is 78.9 Å². The van der Waals surface area contributed by atoms with Gasteiger partial charge in [-0.15, -0.1) is 0 Å². The van der Waals surface area contributed by atoms with E-state index in [0.717, 1.165) is 63.2 Å². The first kappa shape index (κ1) is 55.0. The number of phenols is 1. The predicted molar refractivity (Wildman–Crippen MR) is 295 cm³/mol. The zero-order chi connectivity index (χ0) is 54.2. The Kier molecular flexibility index (Phi) is 17.1. The molecule has 2 aliphatic rings. The van der Waals surface area contributed by atoms with E-state index in [-0.39, 0.29) is 33.4 Å². The molecule has 0 radical (unpaired) electrons. The molecule has 18 nitrogen and oxygen atoms in total. The fourth-order valence-electron chi connectivity index (χ4n) is 8.20. The fraction of sp³-hybridized carbons (Fsp3) is 0.185. The second-order valence-electron chi connectivity index (χ2n) is 17.0. The Hall–Kier alpha value is -8.30. The molecule has 74 heavy (non-hydrogen) atoms. The molecule has 0 bridgehead atoms. The fourth-order valence-corrected chi connectivity index (χ4v) is 9.61. The largest absolute Gasteiger partial charge is 0.506 e. The van der Waals surface area contributed by atoms with Gasteiger partial charge < -0.3 is 41.2 Å². The van der Waals surface area contributed by atoms with Crippen LogP contribution in [0.25, 0.3) is 54.7 Å². The van der Waals surface area contributed by atoms with Gasteiger partial charge >= 0.3 is 0 Å². The van der Waals surface area contributed by atoms with Crippen LogP contribution in [0.3, 0.4) is 0 Å². The summed E-state index contributed by atoms with van der Waals surface area (Å²) in [6, 6.07) is 37.7. The van der Waals surface area contributed by atoms with Gasteiger partial charge in [0.15, 0.2) is 0 Å². The summed E-state index contributed by atoms with van der Waals surface area (Å²) in [6.45, 7) is 5.56. The highest BCUT2D eigenvalue weighted by Crippen LogP contribution is 2.35. The summed E-state index contributed by atoms with van der Waals surface area (Å²) in [6.07, 6.45) is 0. The molecule has 0 atom stereocenters. The Balaban J connectivity index is 0.000000169. The molecule has 9 rings (SSSR count). The Morgan fingerprint density at radius 1 is 0.649 bits per heavy atom. The quantitative estimate of drug-likeness (QED) is 0.0312. The van der Waals surface area contributed by atoms with Gasteiger partial charge in [0, 0.05) is 93.7 Å². The molecular weight excluding hydrogens is 985 g/mol. The standard InChI is InChI=1S/C22H22N4O2.C12H11NO2.C10H17N3.C10H8O6S2/c1-5-26-17-12-13(25(3)4)10-11-16(17)24-19-14-8-6-7-9-15(14)21(27)18(20(19)26)22(28)23-2;1-13-12(15)10-7-6-8-4-2-3-5-9(8)11(10)14;1-4-12-10-7-8(13(2)3)5-6-9(10)11;11-17(12,13)9-5-1-3-7-8(9)4-2-6-10(7)18(14,15)16/h6-12H,5H2,1-4H3,(H,23,28);2-7,14H,1H3,(H,13,15);5-7,12H,4,11H2,1-3H3;1-6H,(H,11,12,13)(H,14,15,16). The lowest BCUT2D eigenvalue weighted by molar-refractivity contribution is 0.0953. The maximum Gasteiger partial charge on any atom is 0.295 e. The van der Waals surface area contributed by atoms with Gasteiger partial charge in [0.2, 0.25) is 5.43 Å². The normalized spacial score (nSPS) is 11.2. The molecule has 0 saturated carbocycles. The molecule has 2 amide bonds. The molecule has 8 N–H and O–H groups in total. The van der Waals surface area contributed by atoms with Gasteiger partial charge in [-0.3, -0.25) is 23.5 Å². The van der Waals surface area contributed by atoms with Crippen LogP contribution in [0.1, 0.15) is 34.6 Å². The number of aromatic hydroxyl groups is 1. The van der Waals surface area contributed by atoms with Gasteiger partial charge in [0.05, 0.1) is 39.4 Å². The summed E-state index contributed by atoms with van der Waals surface area (Å²) < 4.78 is 64.7. The van der Waals surface area contributed by atoms with Crippen molar-refractivity contribution in [3.05, 3.63) is 155 Å². The highest BCUT2D eigenvalue weighted by atomic mass is 32.2. The Labute approximate surface area is 428 Å². The van der Waals surface area contributed by atoms with Crippen molar-refractivity contribution >= 4 is 98.2 Å². The minimum absolute atomic E-state index is 0.0233. The number of nitrogens with two attached hydrogens (primary N) is 1. The number of carbonyl (C=O) groups is 2. The molecular formula is C54H58N8O10S2. The summed E-state index contributed by atoms with van der Waals surface area (Å²) in [5, 5.41) is 21.1. The lowest BCUT2D eigenvalue weighted by Crippen LogP contribution is -2.29. The molecule has 20 heteroatoms. The van der Waals surface area contributed by atoms with Crippen LogP contribution in [0.2, 0.25) is 0 Å². The van der Waals surface area contributed by atoms with E-state index in [2.05, 4.69) is 33.8 Å². The lowest BCUT2D eigenvalue weighted by Gasteiger charge is -2.22. The monoisotopic (exact) mass is 1040 g/mol. The summed E-state index contributed by atoms with van der Waals surface area (Å²) >= 11 is 0. The first-order valence-corrected chi connectivity index (χ1v) is 25.9. The highest BCUT2D eigenvalue weighted by Gasteiger charge is 2.27. The van der Waals surface area contributed by atoms with Crippen LogP contribution < -0.4 is 36.9 Å². The minimum atomic E-state index is -4.47. The number of nitrogens with one attached hydrogen (secondary N) is 3. The molecule has 0 fully saturated rings. The number of phenolic OH excluding ortho intramolecular Hbond substituents is 1. The van der Waals surface area contributed by atoms with E-state index < -0.39 is 35.9 Å². The molecule has 1 aliphatic heterocycles. The van der Waals surface area contributed by atoms with E-state index in [4.69, 9.17) is 19.8 Å². The van der Waals surface area contributed by atoms with E-state index in [9.17, 15) is 36.3 Å². The van der Waals surface area contributed by atoms with Crippen LogP contribution in [0, 0.1) is 0 Å². The molecule has 0 spiro atoms. The second-order valence-corrected chi connectivity index (χ2v) is 19.7. The van der Waals surface area contributed by atoms with E-state index >= 15 is 0 Å². The van der Waals surface area contributed by atoms with Gasteiger partial charge in [0.25, 0.3) is 32.1 Å². The molecule has 1 heterocycles. The number of nitrogen functional groups attached to an aromatic ring is 1. The Bertz CT molecular complexity index is 3760. The van der Waals surface area contributed by atoms with Crippen LogP contribution >= 0.6 is 0 Å². The number of benzene rings is 8. The zero-order valence-corrected chi connectivity index (χ0v) is 43.6. The molecule has 1 aliphatic carbocycles. The van der Waals surface area contributed by atoms with E-state index in [1.54, 1.807) is 18.2 Å². The first-order valence-electron chi connectivity index (χ1n) is 23.1. The SMILES string of the molecule is CCNc1cc(N(C)C)ccc1N.CCn1c2c(C(=O)NC)c(=O)c3ccccc3c-2nc2ccc(N(C)C)cc21.CNC(=O)c1ccc2ccccc2c1O.O=S(=O)(O)c1cccc2c(S(=O)(=O)O)cccc12. The van der Waals surface area contributed by atoms with Crippen LogP contribution in [0.15, 0.2) is 148 Å². The number of nitrogens with zero attached hydrogens (tertiary/aromatic N) is 4. The van der Waals surface area contributed by atoms with Crippen molar-refractivity contribution in [3.8, 4) is 17.1 Å². The van der Waals surface area contributed by atoms with Crippen molar-refractivity contribution in [2.24, 2.45) is 0 Å². The molecule has 7 aromatic carbocycles. The maximum atomic E-state index is 13.2. The summed E-state index contributed by atoms with van der Waals surface area (Å²) in [4.78, 5) is 45.5. The van der Waals surface area contributed by atoms with Crippen LogP contribution in [-0.4, -0.2) is 101 Å². The first-order chi connectivity index (χ1) is 35.1. The maximum absolute atomic E-state index is 13.2. The van der Waals surface area contributed by atoms with Crippen molar-refractivity contribution in [1.82, 2.24) is 20.2 Å². The number of hydrogen-bond donors (Lipinski definition) is 7. The minimum Gasteiger partial charge on any atom is -0.506 e. The van der Waals surface area contributed by atoms with E-state index in [0.29, 0.717) is 34.3 Å². The van der Waals surface area contributed by atoms with Crippen molar-refractivity contribution < 1.29 is 40.6 Å². The molecule has 0 saturated heterocycles. The van der Waals surface area contributed by atoms with Crippen LogP contribution in [-0.2, 0) is 26.8 Å². The van der Waals surface area contributed by atoms with E-state index in [1.165, 1.54) is 38.4 Å². The number of amides is 2. The van der Waals surface area contributed by atoms with Crippen molar-refractivity contribution in [2.75, 3.05) is 69.7 Å². The van der Waals surface area contributed by atoms with E-state index in [1.807, 2.05) is 117 Å². The zero-order valence-electron chi connectivity index (χ0n) is 42.0. The van der Waals surface area contributed by atoms with Crippen molar-refractivity contribution in [2.45, 2.75) is 30.2 Å². The number of hydrogen-bond acceptors (Lipinski definition) is 13. The number of anilines is 4. The van der Waals surface area contributed by atoms with Crippen LogP contribution in [0.5, 0.6) is 5.75 Å². The summed E-state index contributed by atoms with van der Waals surface area (Å²) in [5.74, 6) is -0.640. The molecule has 386 valence electrons. The van der Waals surface area contributed by atoms with Gasteiger partial charge in [0.1, 0.15) is 21.1 Å².